The largest absolute Gasteiger partial charge is 0.289 e. The standard InChI is InChI=1S/C47H31N3O/c1-47(2)40-23-11-10-22-37(40)46(51)38-28-35(24-25-41(38)47)33-19-12-18-32(26-33)34-20-13-21-36(27-34)42-39(29-48)43(30-14-6-4-7-15-30)50-44(45(42)49-3)31-16-8-5-9-17-31/h4-28H,1-2H3. The molecule has 1 aliphatic carbocycles. The summed E-state index contributed by atoms with van der Waals surface area (Å²) in [6, 6.07) is 52.2. The molecule has 0 unspecified atom stereocenters. The first-order valence-electron chi connectivity index (χ1n) is 16.9. The molecular formula is C47H31N3O. The van der Waals surface area contributed by atoms with Crippen molar-refractivity contribution in [2.45, 2.75) is 19.3 Å². The molecule has 1 aromatic heterocycles. The number of rotatable bonds is 5. The van der Waals surface area contributed by atoms with Gasteiger partial charge < -0.3 is 0 Å². The second kappa shape index (κ2) is 12.5. The zero-order valence-electron chi connectivity index (χ0n) is 28.2. The fourth-order valence-corrected chi connectivity index (χ4v) is 7.38. The minimum Gasteiger partial charge on any atom is -0.289 e. The van der Waals surface area contributed by atoms with Gasteiger partial charge in [0.2, 0.25) is 5.69 Å². The van der Waals surface area contributed by atoms with Gasteiger partial charge >= 0.3 is 0 Å². The first-order valence-corrected chi connectivity index (χ1v) is 16.9. The minimum absolute atomic E-state index is 0.0524. The van der Waals surface area contributed by atoms with E-state index in [1.54, 1.807) is 0 Å². The van der Waals surface area contributed by atoms with Crippen LogP contribution in [-0.4, -0.2) is 10.8 Å². The van der Waals surface area contributed by atoms with Crippen molar-refractivity contribution in [1.82, 2.24) is 4.98 Å². The summed E-state index contributed by atoms with van der Waals surface area (Å²) in [5.74, 6) is 0.0524. The van der Waals surface area contributed by atoms with Crippen LogP contribution in [0.15, 0.2) is 152 Å². The van der Waals surface area contributed by atoms with Gasteiger partial charge in [0.25, 0.3) is 0 Å². The van der Waals surface area contributed by atoms with Crippen molar-refractivity contribution in [2.24, 2.45) is 0 Å². The number of fused-ring (bicyclic) bond motifs is 2. The van der Waals surface area contributed by atoms with Crippen LogP contribution in [-0.2, 0) is 5.41 Å². The van der Waals surface area contributed by atoms with Gasteiger partial charge in [-0.2, -0.15) is 5.26 Å². The Labute approximate surface area is 297 Å². The number of ketones is 1. The lowest BCUT2D eigenvalue weighted by Crippen LogP contribution is -2.30. The number of benzene rings is 6. The van der Waals surface area contributed by atoms with Gasteiger partial charge in [-0.1, -0.05) is 147 Å². The zero-order valence-corrected chi connectivity index (χ0v) is 28.2. The van der Waals surface area contributed by atoms with E-state index in [-0.39, 0.29) is 11.2 Å². The Balaban J connectivity index is 1.25. The maximum Gasteiger partial charge on any atom is 0.221 e. The van der Waals surface area contributed by atoms with Crippen LogP contribution in [0, 0.1) is 17.9 Å². The van der Waals surface area contributed by atoms with E-state index in [2.05, 4.69) is 61.2 Å². The van der Waals surface area contributed by atoms with E-state index >= 15 is 0 Å². The molecule has 0 radical (unpaired) electrons. The Morgan fingerprint density at radius 1 is 0.569 bits per heavy atom. The lowest BCUT2D eigenvalue weighted by Gasteiger charge is -2.34. The highest BCUT2D eigenvalue weighted by Gasteiger charge is 2.36. The maximum absolute atomic E-state index is 13.7. The molecule has 7 aromatic rings. The van der Waals surface area contributed by atoms with E-state index in [4.69, 9.17) is 11.6 Å². The Hall–Kier alpha value is -6.88. The van der Waals surface area contributed by atoms with Crippen LogP contribution in [0.2, 0.25) is 0 Å². The molecule has 1 aliphatic rings. The number of nitriles is 1. The lowest BCUT2D eigenvalue weighted by molar-refractivity contribution is 0.103. The van der Waals surface area contributed by atoms with E-state index in [0.29, 0.717) is 28.2 Å². The second-order valence-electron chi connectivity index (χ2n) is 13.3. The van der Waals surface area contributed by atoms with Gasteiger partial charge in [0.05, 0.1) is 23.5 Å². The van der Waals surface area contributed by atoms with Crippen LogP contribution in [0.5, 0.6) is 0 Å². The normalized spacial score (nSPS) is 12.7. The molecule has 240 valence electrons. The molecule has 51 heavy (non-hydrogen) atoms. The van der Waals surface area contributed by atoms with E-state index in [9.17, 15) is 10.1 Å². The van der Waals surface area contributed by atoms with Crippen molar-refractivity contribution in [3.63, 3.8) is 0 Å². The molecule has 6 aromatic carbocycles. The van der Waals surface area contributed by atoms with Gasteiger partial charge in [-0.05, 0) is 62.7 Å². The number of carbonyl (C=O) groups is 1. The molecule has 0 bridgehead atoms. The van der Waals surface area contributed by atoms with E-state index in [0.717, 1.165) is 61.2 Å². The highest BCUT2D eigenvalue weighted by Crippen LogP contribution is 2.45. The van der Waals surface area contributed by atoms with Crippen molar-refractivity contribution in [1.29, 1.82) is 5.26 Å². The third-order valence-corrected chi connectivity index (χ3v) is 9.95. The first-order chi connectivity index (χ1) is 24.9. The number of aromatic nitrogens is 1. The molecule has 0 saturated carbocycles. The number of pyridine rings is 1. The van der Waals surface area contributed by atoms with Crippen LogP contribution in [0.3, 0.4) is 0 Å². The van der Waals surface area contributed by atoms with E-state index in [1.165, 1.54) is 0 Å². The van der Waals surface area contributed by atoms with Crippen molar-refractivity contribution < 1.29 is 4.79 Å². The van der Waals surface area contributed by atoms with Crippen LogP contribution < -0.4 is 0 Å². The molecule has 0 saturated heterocycles. The van der Waals surface area contributed by atoms with Crippen LogP contribution in [0.1, 0.15) is 46.5 Å². The molecule has 1 heterocycles. The SMILES string of the molecule is [C-]#[N+]c1c(-c2ccccc2)nc(-c2ccccc2)c(C#N)c1-c1cccc(-c2cccc(-c3ccc4c(c3)C(=O)c3ccccc3C4(C)C)c2)c1. The molecule has 0 N–H and O–H groups in total. The molecule has 8 rings (SSSR count). The van der Waals surface area contributed by atoms with Gasteiger partial charge in [0.15, 0.2) is 5.78 Å². The van der Waals surface area contributed by atoms with Crippen LogP contribution in [0.4, 0.5) is 5.69 Å². The minimum atomic E-state index is -0.291. The van der Waals surface area contributed by atoms with Crippen molar-refractivity contribution in [2.75, 3.05) is 0 Å². The summed E-state index contributed by atoms with van der Waals surface area (Å²) in [7, 11) is 0. The summed E-state index contributed by atoms with van der Waals surface area (Å²) in [6.45, 7) is 12.7. The third kappa shape index (κ3) is 5.32. The molecule has 4 heteroatoms. The molecule has 0 fully saturated rings. The van der Waals surface area contributed by atoms with Crippen molar-refractivity contribution in [3.8, 4) is 62.0 Å². The van der Waals surface area contributed by atoms with E-state index in [1.807, 2.05) is 115 Å². The molecular weight excluding hydrogens is 623 g/mol. The predicted molar refractivity (Wildman–Crippen MR) is 204 cm³/mol. The summed E-state index contributed by atoms with van der Waals surface area (Å²) >= 11 is 0. The number of hydrogen-bond donors (Lipinski definition) is 0. The maximum atomic E-state index is 13.7. The number of carbonyl (C=O) groups excluding carboxylic acids is 1. The molecule has 4 nitrogen and oxygen atoms in total. The molecule has 0 aliphatic heterocycles. The number of hydrogen-bond acceptors (Lipinski definition) is 3. The summed E-state index contributed by atoms with van der Waals surface area (Å²) in [4.78, 5) is 22.7. The summed E-state index contributed by atoms with van der Waals surface area (Å²) in [5.41, 5.74) is 11.9. The van der Waals surface area contributed by atoms with Gasteiger partial charge in [0.1, 0.15) is 6.07 Å². The van der Waals surface area contributed by atoms with Crippen molar-refractivity contribution in [3.05, 3.63) is 191 Å². The van der Waals surface area contributed by atoms with Gasteiger partial charge in [-0.25, -0.2) is 4.85 Å². The zero-order chi connectivity index (χ0) is 35.1. The third-order valence-electron chi connectivity index (χ3n) is 9.95. The van der Waals surface area contributed by atoms with Gasteiger partial charge in [-0.15, -0.1) is 0 Å². The quantitative estimate of drug-likeness (QED) is 0.174. The monoisotopic (exact) mass is 653 g/mol. The van der Waals surface area contributed by atoms with Crippen LogP contribution >= 0.6 is 0 Å². The highest BCUT2D eigenvalue weighted by molar-refractivity contribution is 6.13. The Kier molecular flexibility index (Phi) is 7.72. The fraction of sp³-hybridized carbons (Fsp3) is 0.0638. The van der Waals surface area contributed by atoms with Gasteiger partial charge in [-0.3, -0.25) is 9.78 Å². The average molecular weight is 654 g/mol. The lowest BCUT2D eigenvalue weighted by atomic mass is 9.68. The fourth-order valence-electron chi connectivity index (χ4n) is 7.38. The molecule has 0 spiro atoms. The molecule has 0 atom stereocenters. The number of nitrogens with zero attached hydrogens (tertiary/aromatic N) is 3. The predicted octanol–water partition coefficient (Wildman–Crippen LogP) is 11.7. The van der Waals surface area contributed by atoms with Crippen LogP contribution in [0.25, 0.3) is 60.7 Å². The Morgan fingerprint density at radius 3 is 1.71 bits per heavy atom. The second-order valence-corrected chi connectivity index (χ2v) is 13.3. The average Bonchev–Trinajstić information content (AvgIpc) is 3.19. The Morgan fingerprint density at radius 2 is 1.08 bits per heavy atom. The molecule has 0 amide bonds. The van der Waals surface area contributed by atoms with E-state index < -0.39 is 0 Å². The highest BCUT2D eigenvalue weighted by atomic mass is 16.1. The summed E-state index contributed by atoms with van der Waals surface area (Å²) in [5, 5.41) is 10.6. The first kappa shape index (κ1) is 31.4. The summed E-state index contributed by atoms with van der Waals surface area (Å²) in [6.07, 6.45) is 0. The summed E-state index contributed by atoms with van der Waals surface area (Å²) < 4.78 is 0. The van der Waals surface area contributed by atoms with Gasteiger partial charge in [0, 0.05) is 27.7 Å². The van der Waals surface area contributed by atoms with Crippen molar-refractivity contribution >= 4 is 11.5 Å². The smallest absolute Gasteiger partial charge is 0.221 e. The Bertz CT molecular complexity index is 2510. The topological polar surface area (TPSA) is 58.1 Å².